The van der Waals surface area contributed by atoms with Crippen molar-refractivity contribution < 1.29 is 9.84 Å². The van der Waals surface area contributed by atoms with Crippen molar-refractivity contribution in [1.29, 1.82) is 0 Å². The Labute approximate surface area is 184 Å². The van der Waals surface area contributed by atoms with Crippen LogP contribution in [0.2, 0.25) is 0 Å². The van der Waals surface area contributed by atoms with E-state index in [-0.39, 0.29) is 5.75 Å². The number of aryl methyl sites for hydroxylation is 1. The van der Waals surface area contributed by atoms with Crippen molar-refractivity contribution in [3.63, 3.8) is 0 Å². The first-order chi connectivity index (χ1) is 15.7. The summed E-state index contributed by atoms with van der Waals surface area (Å²) in [5.74, 6) is 1.47. The van der Waals surface area contributed by atoms with Crippen LogP contribution in [0.5, 0.6) is 11.5 Å². The van der Waals surface area contributed by atoms with E-state index in [1.54, 1.807) is 12.1 Å². The summed E-state index contributed by atoms with van der Waals surface area (Å²) < 4.78 is 6.15. The second-order valence-electron chi connectivity index (χ2n) is 7.43. The van der Waals surface area contributed by atoms with E-state index in [1.807, 2.05) is 48.5 Å². The maximum atomic E-state index is 9.90. The molecular weight excluding hydrogens is 402 g/mol. The van der Waals surface area contributed by atoms with Crippen LogP contribution in [0.25, 0.3) is 33.4 Å². The van der Waals surface area contributed by atoms with Gasteiger partial charge in [-0.15, -0.1) is 10.2 Å². The lowest BCUT2D eigenvalue weighted by Crippen LogP contribution is -1.99. The number of ether oxygens (including phenoxy) is 1. The van der Waals surface area contributed by atoms with Gasteiger partial charge < -0.3 is 9.84 Å². The van der Waals surface area contributed by atoms with Crippen molar-refractivity contribution in [3.05, 3.63) is 84.1 Å². The molecule has 5 aromatic rings. The largest absolute Gasteiger partial charge is 0.508 e. The molecule has 2 heterocycles. The van der Waals surface area contributed by atoms with Crippen LogP contribution in [0.1, 0.15) is 18.2 Å². The van der Waals surface area contributed by atoms with Crippen LogP contribution in [0.4, 0.5) is 0 Å². The molecule has 2 N–H and O–H groups in total. The Balaban J connectivity index is 1.40. The number of fused-ring (bicyclic) bond motifs is 1. The normalized spacial score (nSPS) is 11.0. The summed E-state index contributed by atoms with van der Waals surface area (Å²) in [4.78, 5) is 4.62. The predicted molar refractivity (Wildman–Crippen MR) is 122 cm³/mol. The number of nitrogens with zero attached hydrogens (tertiary/aromatic N) is 4. The molecule has 0 fully saturated rings. The number of H-pyrrole nitrogens is 1. The first-order valence-corrected chi connectivity index (χ1v) is 10.4. The molecule has 7 heteroatoms. The molecular formula is C25H21N5O2. The van der Waals surface area contributed by atoms with Crippen LogP contribution in [0.15, 0.2) is 72.8 Å². The zero-order valence-corrected chi connectivity index (χ0v) is 17.5. The molecule has 0 spiro atoms. The van der Waals surface area contributed by atoms with Crippen LogP contribution < -0.4 is 4.74 Å². The van der Waals surface area contributed by atoms with E-state index in [0.717, 1.165) is 45.3 Å². The Morgan fingerprint density at radius 3 is 2.50 bits per heavy atom. The minimum absolute atomic E-state index is 0.193. The first kappa shape index (κ1) is 19.7. The molecule has 0 aliphatic rings. The number of phenolic OH excluding ortho intramolecular Hbond substituents is 1. The highest BCUT2D eigenvalue weighted by Gasteiger charge is 2.11. The van der Waals surface area contributed by atoms with Gasteiger partial charge in [0.05, 0.1) is 5.52 Å². The van der Waals surface area contributed by atoms with E-state index in [1.165, 1.54) is 0 Å². The predicted octanol–water partition coefficient (Wildman–Crippen LogP) is 4.93. The maximum Gasteiger partial charge on any atom is 0.205 e. The number of benzene rings is 3. The Morgan fingerprint density at radius 2 is 1.75 bits per heavy atom. The summed E-state index contributed by atoms with van der Waals surface area (Å²) in [6, 6.07) is 23.3. The van der Waals surface area contributed by atoms with Crippen molar-refractivity contribution in [2.75, 3.05) is 0 Å². The third kappa shape index (κ3) is 3.88. The van der Waals surface area contributed by atoms with Gasteiger partial charge in [-0.2, -0.15) is 5.21 Å². The van der Waals surface area contributed by atoms with Crippen LogP contribution in [-0.4, -0.2) is 30.7 Å². The third-order valence-corrected chi connectivity index (χ3v) is 5.34. The van der Waals surface area contributed by atoms with Crippen molar-refractivity contribution >= 4 is 10.9 Å². The number of aromatic amines is 1. The van der Waals surface area contributed by atoms with E-state index in [4.69, 9.17) is 4.74 Å². The summed E-state index contributed by atoms with van der Waals surface area (Å²) in [6.45, 7) is 2.47. The second-order valence-corrected chi connectivity index (χ2v) is 7.43. The lowest BCUT2D eigenvalue weighted by atomic mass is 9.98. The molecule has 5 rings (SSSR count). The number of tetrazole rings is 1. The number of hydrogen-bond acceptors (Lipinski definition) is 6. The number of aromatic nitrogens is 5. The van der Waals surface area contributed by atoms with Crippen LogP contribution in [0, 0.1) is 0 Å². The average molecular weight is 423 g/mol. The van der Waals surface area contributed by atoms with E-state index >= 15 is 0 Å². The SMILES string of the molecule is CCc1cc(OCc2ccc(-c3ccccc3-c3nn[nH]n3)cc2)c2cc(O)ccc2n1. The zero-order valence-electron chi connectivity index (χ0n) is 17.5. The van der Waals surface area contributed by atoms with E-state index in [9.17, 15) is 5.11 Å². The fourth-order valence-corrected chi connectivity index (χ4v) is 3.68. The minimum Gasteiger partial charge on any atom is -0.508 e. The quantitative estimate of drug-likeness (QED) is 0.402. The van der Waals surface area contributed by atoms with Gasteiger partial charge in [-0.3, -0.25) is 4.98 Å². The Kier molecular flexibility index (Phi) is 5.21. The topological polar surface area (TPSA) is 96.8 Å². The third-order valence-electron chi connectivity index (χ3n) is 5.34. The molecule has 32 heavy (non-hydrogen) atoms. The number of hydrogen-bond donors (Lipinski definition) is 2. The standard InChI is InChI=1S/C25H21N5O2/c1-2-18-13-24(22-14-19(31)11-12-23(22)26-18)32-15-16-7-9-17(10-8-16)20-5-3-4-6-21(20)25-27-29-30-28-25/h3-14,31H,2,15H2,1H3,(H,27,28,29,30). The summed E-state index contributed by atoms with van der Waals surface area (Å²) in [7, 11) is 0. The molecule has 0 bridgehead atoms. The van der Waals surface area contributed by atoms with Crippen LogP contribution >= 0.6 is 0 Å². The number of nitrogens with one attached hydrogen (secondary N) is 1. The van der Waals surface area contributed by atoms with Gasteiger partial charge in [0.2, 0.25) is 5.82 Å². The number of pyridine rings is 1. The molecule has 0 saturated carbocycles. The van der Waals surface area contributed by atoms with Gasteiger partial charge in [-0.05, 0) is 46.5 Å². The molecule has 7 nitrogen and oxygen atoms in total. The number of phenols is 1. The van der Waals surface area contributed by atoms with Gasteiger partial charge in [0.15, 0.2) is 0 Å². The van der Waals surface area contributed by atoms with Crippen LogP contribution in [-0.2, 0) is 13.0 Å². The Morgan fingerprint density at radius 1 is 0.938 bits per heavy atom. The molecule has 0 aliphatic heterocycles. The minimum atomic E-state index is 0.193. The highest BCUT2D eigenvalue weighted by atomic mass is 16.5. The Bertz CT molecular complexity index is 1370. The lowest BCUT2D eigenvalue weighted by Gasteiger charge is -2.12. The van der Waals surface area contributed by atoms with Crippen molar-refractivity contribution in [2.45, 2.75) is 20.0 Å². The molecule has 158 valence electrons. The van der Waals surface area contributed by atoms with Crippen molar-refractivity contribution in [1.82, 2.24) is 25.6 Å². The van der Waals surface area contributed by atoms with Gasteiger partial charge >= 0.3 is 0 Å². The highest BCUT2D eigenvalue weighted by Crippen LogP contribution is 2.31. The number of aromatic hydroxyl groups is 1. The van der Waals surface area contributed by atoms with E-state index in [0.29, 0.717) is 18.2 Å². The van der Waals surface area contributed by atoms with Crippen molar-refractivity contribution in [3.8, 4) is 34.0 Å². The van der Waals surface area contributed by atoms with Gasteiger partial charge in [0.25, 0.3) is 0 Å². The zero-order chi connectivity index (χ0) is 21.9. The highest BCUT2D eigenvalue weighted by molar-refractivity contribution is 5.86. The summed E-state index contributed by atoms with van der Waals surface area (Å²) in [5, 5.41) is 25.1. The fraction of sp³-hybridized carbons (Fsp3) is 0.120. The molecule has 0 unspecified atom stereocenters. The molecule has 2 aromatic heterocycles. The molecule has 0 amide bonds. The summed E-state index contributed by atoms with van der Waals surface area (Å²) in [5.41, 5.74) is 5.80. The monoisotopic (exact) mass is 423 g/mol. The average Bonchev–Trinajstić information content (AvgIpc) is 3.38. The summed E-state index contributed by atoms with van der Waals surface area (Å²) in [6.07, 6.45) is 0.807. The molecule has 0 saturated heterocycles. The second kappa shape index (κ2) is 8.47. The molecule has 0 radical (unpaired) electrons. The first-order valence-electron chi connectivity index (χ1n) is 10.4. The van der Waals surface area contributed by atoms with E-state index < -0.39 is 0 Å². The smallest absolute Gasteiger partial charge is 0.205 e. The van der Waals surface area contributed by atoms with E-state index in [2.05, 4.69) is 44.7 Å². The lowest BCUT2D eigenvalue weighted by molar-refractivity contribution is 0.309. The molecule has 0 atom stereocenters. The van der Waals surface area contributed by atoms with Gasteiger partial charge in [0.1, 0.15) is 18.1 Å². The van der Waals surface area contributed by atoms with Crippen molar-refractivity contribution in [2.24, 2.45) is 0 Å². The van der Waals surface area contributed by atoms with Crippen LogP contribution in [0.3, 0.4) is 0 Å². The van der Waals surface area contributed by atoms with Gasteiger partial charge in [0, 0.05) is 22.7 Å². The number of rotatable bonds is 6. The summed E-state index contributed by atoms with van der Waals surface area (Å²) >= 11 is 0. The van der Waals surface area contributed by atoms with Gasteiger partial charge in [-0.25, -0.2) is 0 Å². The Hall–Kier alpha value is -4.26. The van der Waals surface area contributed by atoms with Gasteiger partial charge in [-0.1, -0.05) is 55.5 Å². The maximum absolute atomic E-state index is 9.90. The molecule has 3 aromatic carbocycles. The molecule has 0 aliphatic carbocycles. The fourth-order valence-electron chi connectivity index (χ4n) is 3.68.